The molecule has 1 amide bonds. The molecule has 0 aliphatic heterocycles. The Kier molecular flexibility index (Phi) is 5.37. The summed E-state index contributed by atoms with van der Waals surface area (Å²) < 4.78 is 39.0. The van der Waals surface area contributed by atoms with Crippen LogP contribution in [-0.2, 0) is 21.4 Å². The van der Waals surface area contributed by atoms with E-state index in [2.05, 4.69) is 9.97 Å². The first-order chi connectivity index (χ1) is 13.2. The van der Waals surface area contributed by atoms with Gasteiger partial charge in [-0.2, -0.15) is 0 Å². The van der Waals surface area contributed by atoms with Crippen LogP contribution in [0.2, 0.25) is 0 Å². The zero-order valence-corrected chi connectivity index (χ0v) is 16.6. The van der Waals surface area contributed by atoms with Gasteiger partial charge in [-0.1, -0.05) is 18.2 Å². The number of carbonyl (C=O) groups excluding carboxylic acids is 1. The Morgan fingerprint density at radius 1 is 1.21 bits per heavy atom. The molecule has 2 aromatic carbocycles. The van der Waals surface area contributed by atoms with Gasteiger partial charge < -0.3 is 9.88 Å². The fourth-order valence-electron chi connectivity index (χ4n) is 3.11. The number of amides is 1. The molecule has 1 atom stereocenters. The van der Waals surface area contributed by atoms with Crippen molar-refractivity contribution in [2.45, 2.75) is 19.5 Å². The molecule has 0 spiro atoms. The maximum atomic E-state index is 13.3. The van der Waals surface area contributed by atoms with E-state index in [-0.39, 0.29) is 18.3 Å². The number of aromatic nitrogens is 2. The number of aromatic amines is 1. The molecule has 1 N–H and O–H groups in total. The number of likely N-dealkylation sites (N-methyl/N-ethyl adjacent to an activating group) is 1. The van der Waals surface area contributed by atoms with Crippen LogP contribution in [0.25, 0.3) is 11.0 Å². The molecule has 148 valence electrons. The molecule has 1 heterocycles. The summed E-state index contributed by atoms with van der Waals surface area (Å²) in [6, 6.07) is 11.7. The van der Waals surface area contributed by atoms with E-state index in [1.807, 2.05) is 0 Å². The summed E-state index contributed by atoms with van der Waals surface area (Å²) in [6.07, 6.45) is 1.07. The van der Waals surface area contributed by atoms with Gasteiger partial charge in [0.2, 0.25) is 15.9 Å². The second kappa shape index (κ2) is 7.59. The fraction of sp³-hybridized carbons (Fsp3) is 0.263. The van der Waals surface area contributed by atoms with Crippen molar-refractivity contribution in [1.82, 2.24) is 14.9 Å². The van der Waals surface area contributed by atoms with Crippen LogP contribution in [0.5, 0.6) is 0 Å². The number of anilines is 1. The highest BCUT2D eigenvalue weighted by Gasteiger charge is 2.31. The average Bonchev–Trinajstić information content (AvgIpc) is 3.02. The van der Waals surface area contributed by atoms with Gasteiger partial charge in [-0.05, 0) is 37.3 Å². The van der Waals surface area contributed by atoms with Crippen LogP contribution >= 0.6 is 0 Å². The number of nitrogens with one attached hydrogen (secondary N) is 1. The molecule has 0 saturated carbocycles. The van der Waals surface area contributed by atoms with E-state index >= 15 is 0 Å². The lowest BCUT2D eigenvalue weighted by Crippen LogP contribution is -2.48. The monoisotopic (exact) mass is 404 g/mol. The maximum absolute atomic E-state index is 13.3. The van der Waals surface area contributed by atoms with E-state index in [1.165, 1.54) is 17.0 Å². The molecule has 1 unspecified atom stereocenters. The van der Waals surface area contributed by atoms with Crippen LogP contribution in [0.1, 0.15) is 12.7 Å². The van der Waals surface area contributed by atoms with Gasteiger partial charge in [0.05, 0.1) is 29.5 Å². The summed E-state index contributed by atoms with van der Waals surface area (Å²) in [4.78, 5) is 21.6. The molecule has 0 saturated heterocycles. The number of carbonyl (C=O) groups is 1. The predicted molar refractivity (Wildman–Crippen MR) is 106 cm³/mol. The Morgan fingerprint density at radius 2 is 1.89 bits per heavy atom. The standard InChI is InChI=1S/C19H21FN4O3S/c1-13(24(28(3,26)27)15-7-5-4-6-8-15)19(25)23(2)12-18-21-16-10-9-14(20)11-17(16)22-18/h4-11,13H,12H2,1-3H3,(H,21,22). The number of fused-ring (bicyclic) bond motifs is 1. The maximum Gasteiger partial charge on any atom is 0.246 e. The van der Waals surface area contributed by atoms with Gasteiger partial charge in [-0.15, -0.1) is 0 Å². The summed E-state index contributed by atoms with van der Waals surface area (Å²) in [6.45, 7) is 1.67. The first-order valence-electron chi connectivity index (χ1n) is 8.60. The summed E-state index contributed by atoms with van der Waals surface area (Å²) in [5, 5.41) is 0. The largest absolute Gasteiger partial charge is 0.340 e. The lowest BCUT2D eigenvalue weighted by Gasteiger charge is -2.30. The van der Waals surface area contributed by atoms with Gasteiger partial charge >= 0.3 is 0 Å². The minimum atomic E-state index is -3.67. The number of hydrogen-bond donors (Lipinski definition) is 1. The minimum Gasteiger partial charge on any atom is -0.340 e. The molecule has 0 aliphatic rings. The van der Waals surface area contributed by atoms with Crippen molar-refractivity contribution in [3.63, 3.8) is 0 Å². The van der Waals surface area contributed by atoms with Crippen LogP contribution in [0, 0.1) is 5.82 Å². The van der Waals surface area contributed by atoms with Crippen molar-refractivity contribution in [2.75, 3.05) is 17.6 Å². The van der Waals surface area contributed by atoms with Crippen molar-refractivity contribution in [3.05, 3.63) is 60.2 Å². The Morgan fingerprint density at radius 3 is 2.54 bits per heavy atom. The van der Waals surface area contributed by atoms with Gasteiger partial charge in [0.15, 0.2) is 0 Å². The zero-order chi connectivity index (χ0) is 20.5. The van der Waals surface area contributed by atoms with Crippen LogP contribution in [0.4, 0.5) is 10.1 Å². The van der Waals surface area contributed by atoms with Crippen molar-refractivity contribution in [2.24, 2.45) is 0 Å². The van der Waals surface area contributed by atoms with Crippen molar-refractivity contribution < 1.29 is 17.6 Å². The topological polar surface area (TPSA) is 86.4 Å². The van der Waals surface area contributed by atoms with Crippen LogP contribution in [0.3, 0.4) is 0 Å². The van der Waals surface area contributed by atoms with Gasteiger partial charge in [0, 0.05) is 7.05 Å². The number of rotatable bonds is 6. The summed E-state index contributed by atoms with van der Waals surface area (Å²) in [5.74, 6) is -0.289. The number of benzene rings is 2. The zero-order valence-electron chi connectivity index (χ0n) is 15.8. The molecule has 3 aromatic rings. The Labute approximate surface area is 162 Å². The molecule has 1 aromatic heterocycles. The number of H-pyrrole nitrogens is 1. The first kappa shape index (κ1) is 19.8. The molecular formula is C19H21FN4O3S. The van der Waals surface area contributed by atoms with E-state index in [4.69, 9.17) is 0 Å². The lowest BCUT2D eigenvalue weighted by molar-refractivity contribution is -0.131. The molecule has 0 radical (unpaired) electrons. The van der Waals surface area contributed by atoms with Gasteiger partial charge in [-0.25, -0.2) is 17.8 Å². The molecule has 0 bridgehead atoms. The molecule has 28 heavy (non-hydrogen) atoms. The molecular weight excluding hydrogens is 383 g/mol. The Hall–Kier alpha value is -2.94. The highest BCUT2D eigenvalue weighted by molar-refractivity contribution is 7.92. The third-order valence-corrected chi connectivity index (χ3v) is 5.57. The van der Waals surface area contributed by atoms with E-state index in [9.17, 15) is 17.6 Å². The van der Waals surface area contributed by atoms with E-state index in [0.717, 1.165) is 10.6 Å². The van der Waals surface area contributed by atoms with Crippen LogP contribution in [0.15, 0.2) is 48.5 Å². The van der Waals surface area contributed by atoms with E-state index in [0.29, 0.717) is 22.5 Å². The predicted octanol–water partition coefficient (Wildman–Crippen LogP) is 2.52. The summed E-state index contributed by atoms with van der Waals surface area (Å²) in [5.41, 5.74) is 1.54. The molecule has 7 nitrogen and oxygen atoms in total. The van der Waals surface area contributed by atoms with E-state index in [1.54, 1.807) is 50.4 Å². The van der Waals surface area contributed by atoms with Crippen LogP contribution in [-0.4, -0.2) is 48.5 Å². The third kappa shape index (κ3) is 4.14. The number of imidazole rings is 1. The van der Waals surface area contributed by atoms with E-state index < -0.39 is 16.1 Å². The normalized spacial score (nSPS) is 12.7. The number of hydrogen-bond acceptors (Lipinski definition) is 4. The highest BCUT2D eigenvalue weighted by atomic mass is 32.2. The summed E-state index contributed by atoms with van der Waals surface area (Å²) >= 11 is 0. The fourth-order valence-corrected chi connectivity index (χ4v) is 4.28. The first-order valence-corrected chi connectivity index (χ1v) is 10.4. The lowest BCUT2D eigenvalue weighted by atomic mass is 10.2. The third-order valence-electron chi connectivity index (χ3n) is 4.33. The number of sulfonamides is 1. The molecule has 9 heteroatoms. The molecule has 0 aliphatic carbocycles. The van der Waals surface area contributed by atoms with Gasteiger partial charge in [0.25, 0.3) is 0 Å². The van der Waals surface area contributed by atoms with Crippen molar-refractivity contribution in [1.29, 1.82) is 0 Å². The van der Waals surface area contributed by atoms with Gasteiger partial charge in [0.1, 0.15) is 17.7 Å². The second-order valence-electron chi connectivity index (χ2n) is 6.61. The smallest absolute Gasteiger partial charge is 0.246 e. The number of nitrogens with zero attached hydrogens (tertiary/aromatic N) is 3. The van der Waals surface area contributed by atoms with Crippen molar-refractivity contribution in [3.8, 4) is 0 Å². The molecule has 3 rings (SSSR count). The second-order valence-corrected chi connectivity index (χ2v) is 8.47. The molecule has 0 fully saturated rings. The Bertz CT molecular complexity index is 1100. The van der Waals surface area contributed by atoms with Gasteiger partial charge in [-0.3, -0.25) is 9.10 Å². The number of para-hydroxylation sites is 1. The highest BCUT2D eigenvalue weighted by Crippen LogP contribution is 2.21. The number of halogens is 1. The SMILES string of the molecule is CC(C(=O)N(C)Cc1nc2ccc(F)cc2[nH]1)N(c1ccccc1)S(C)(=O)=O. The average molecular weight is 404 g/mol. The minimum absolute atomic E-state index is 0.131. The Balaban J connectivity index is 1.82. The van der Waals surface area contributed by atoms with Crippen molar-refractivity contribution >= 4 is 32.7 Å². The quantitative estimate of drug-likeness (QED) is 0.684. The summed E-state index contributed by atoms with van der Waals surface area (Å²) in [7, 11) is -2.11. The van der Waals surface area contributed by atoms with Crippen LogP contribution < -0.4 is 4.31 Å².